The maximum atomic E-state index is 14.0. The van der Waals surface area contributed by atoms with E-state index >= 15 is 0 Å². The summed E-state index contributed by atoms with van der Waals surface area (Å²) in [7, 11) is 0. The van der Waals surface area contributed by atoms with Crippen molar-refractivity contribution in [1.82, 2.24) is 0 Å². The van der Waals surface area contributed by atoms with E-state index < -0.39 is 5.67 Å². The van der Waals surface area contributed by atoms with Crippen LogP contribution in [0.4, 0.5) is 8.78 Å². The fourth-order valence-electron chi connectivity index (χ4n) is 1.54. The van der Waals surface area contributed by atoms with Gasteiger partial charge in [-0.2, -0.15) is 0 Å². The Labute approximate surface area is 89.3 Å². The second-order valence-electron chi connectivity index (χ2n) is 3.96. The van der Waals surface area contributed by atoms with Crippen molar-refractivity contribution < 1.29 is 8.78 Å². The Hall–Kier alpha value is -0.960. The van der Waals surface area contributed by atoms with Crippen LogP contribution < -0.4 is 5.73 Å². The largest absolute Gasteiger partial charge is 0.328 e. The zero-order valence-corrected chi connectivity index (χ0v) is 9.19. The third kappa shape index (κ3) is 2.99. The third-order valence-corrected chi connectivity index (χ3v) is 2.81. The molecular formula is C12H17F2N. The highest BCUT2D eigenvalue weighted by Crippen LogP contribution is 2.23. The number of aryl methyl sites for hydroxylation is 1. The molecule has 0 bridgehead atoms. The minimum absolute atomic E-state index is 0.000314. The van der Waals surface area contributed by atoms with Crippen molar-refractivity contribution in [3.8, 4) is 0 Å². The van der Waals surface area contributed by atoms with Crippen molar-refractivity contribution in [3.63, 3.8) is 0 Å². The van der Waals surface area contributed by atoms with Gasteiger partial charge in [0.2, 0.25) is 0 Å². The molecule has 0 heterocycles. The number of alkyl halides is 1. The molecule has 15 heavy (non-hydrogen) atoms. The van der Waals surface area contributed by atoms with Crippen LogP contribution in [0.25, 0.3) is 0 Å². The van der Waals surface area contributed by atoms with Crippen molar-refractivity contribution in [2.45, 2.75) is 32.4 Å². The SMILES string of the molecule is CCC(F)(CN)Cc1ccc(F)cc1C. The Balaban J connectivity index is 2.89. The molecule has 1 rings (SSSR count). The number of hydrogen-bond acceptors (Lipinski definition) is 1. The summed E-state index contributed by atoms with van der Waals surface area (Å²) < 4.78 is 26.8. The van der Waals surface area contributed by atoms with E-state index in [0.717, 1.165) is 11.1 Å². The lowest BCUT2D eigenvalue weighted by Crippen LogP contribution is -2.34. The lowest BCUT2D eigenvalue weighted by molar-refractivity contribution is 0.167. The molecule has 0 fully saturated rings. The topological polar surface area (TPSA) is 26.0 Å². The summed E-state index contributed by atoms with van der Waals surface area (Å²) in [6, 6.07) is 4.40. The first-order chi connectivity index (χ1) is 7.00. The quantitative estimate of drug-likeness (QED) is 0.817. The molecule has 0 aromatic heterocycles. The first kappa shape index (κ1) is 12.1. The molecule has 0 aliphatic rings. The molecule has 1 atom stereocenters. The van der Waals surface area contributed by atoms with E-state index in [4.69, 9.17) is 5.73 Å². The van der Waals surface area contributed by atoms with Crippen LogP contribution in [0.15, 0.2) is 18.2 Å². The van der Waals surface area contributed by atoms with Gasteiger partial charge in [0.05, 0.1) is 0 Å². The van der Waals surface area contributed by atoms with Crippen LogP contribution >= 0.6 is 0 Å². The predicted octanol–water partition coefficient (Wildman–Crippen LogP) is 2.75. The number of nitrogens with two attached hydrogens (primary N) is 1. The Kier molecular flexibility index (Phi) is 3.80. The maximum Gasteiger partial charge on any atom is 0.126 e. The number of benzene rings is 1. The number of hydrogen-bond donors (Lipinski definition) is 1. The van der Waals surface area contributed by atoms with Crippen molar-refractivity contribution in [2.75, 3.05) is 6.54 Å². The van der Waals surface area contributed by atoms with Gasteiger partial charge in [0.25, 0.3) is 0 Å². The van der Waals surface area contributed by atoms with E-state index in [1.54, 1.807) is 19.9 Å². The van der Waals surface area contributed by atoms with E-state index in [1.165, 1.54) is 12.1 Å². The summed E-state index contributed by atoms with van der Waals surface area (Å²) in [6.45, 7) is 3.55. The molecule has 1 aromatic rings. The van der Waals surface area contributed by atoms with Gasteiger partial charge in [-0.25, -0.2) is 8.78 Å². The second kappa shape index (κ2) is 4.71. The summed E-state index contributed by atoms with van der Waals surface area (Å²) in [6.07, 6.45) is 0.631. The molecule has 0 spiro atoms. The van der Waals surface area contributed by atoms with Crippen LogP contribution in [0.1, 0.15) is 24.5 Å². The first-order valence-corrected chi connectivity index (χ1v) is 5.15. The predicted molar refractivity (Wildman–Crippen MR) is 58.0 cm³/mol. The molecular weight excluding hydrogens is 196 g/mol. The monoisotopic (exact) mass is 213 g/mol. The van der Waals surface area contributed by atoms with Crippen molar-refractivity contribution >= 4 is 0 Å². The fraction of sp³-hybridized carbons (Fsp3) is 0.500. The van der Waals surface area contributed by atoms with Crippen LogP contribution in [-0.4, -0.2) is 12.2 Å². The fourth-order valence-corrected chi connectivity index (χ4v) is 1.54. The summed E-state index contributed by atoms with van der Waals surface area (Å²) in [5.41, 5.74) is 5.63. The third-order valence-electron chi connectivity index (χ3n) is 2.81. The van der Waals surface area contributed by atoms with Crippen LogP contribution in [0.3, 0.4) is 0 Å². The first-order valence-electron chi connectivity index (χ1n) is 5.15. The zero-order valence-electron chi connectivity index (χ0n) is 9.19. The van der Waals surface area contributed by atoms with E-state index in [2.05, 4.69) is 0 Å². The summed E-state index contributed by atoms with van der Waals surface area (Å²) in [4.78, 5) is 0. The van der Waals surface area contributed by atoms with Crippen molar-refractivity contribution in [2.24, 2.45) is 5.73 Å². The molecule has 0 amide bonds. The zero-order chi connectivity index (χ0) is 11.5. The highest BCUT2D eigenvalue weighted by molar-refractivity contribution is 5.28. The molecule has 84 valence electrons. The van der Waals surface area contributed by atoms with Gasteiger partial charge in [-0.3, -0.25) is 0 Å². The molecule has 1 unspecified atom stereocenters. The van der Waals surface area contributed by atoms with Crippen LogP contribution in [-0.2, 0) is 6.42 Å². The normalized spacial score (nSPS) is 15.0. The van der Waals surface area contributed by atoms with Gasteiger partial charge in [-0.05, 0) is 36.6 Å². The maximum absolute atomic E-state index is 14.0. The van der Waals surface area contributed by atoms with E-state index in [-0.39, 0.29) is 18.8 Å². The van der Waals surface area contributed by atoms with Gasteiger partial charge >= 0.3 is 0 Å². The van der Waals surface area contributed by atoms with Gasteiger partial charge < -0.3 is 5.73 Å². The van der Waals surface area contributed by atoms with E-state index in [0.29, 0.717) is 6.42 Å². The van der Waals surface area contributed by atoms with Gasteiger partial charge in [0.1, 0.15) is 11.5 Å². The average molecular weight is 213 g/mol. The van der Waals surface area contributed by atoms with Gasteiger partial charge in [-0.15, -0.1) is 0 Å². The lowest BCUT2D eigenvalue weighted by Gasteiger charge is -2.22. The van der Waals surface area contributed by atoms with Crippen LogP contribution in [0, 0.1) is 12.7 Å². The lowest BCUT2D eigenvalue weighted by atomic mass is 9.91. The molecule has 0 aliphatic heterocycles. The van der Waals surface area contributed by atoms with Crippen molar-refractivity contribution in [1.29, 1.82) is 0 Å². The summed E-state index contributed by atoms with van der Waals surface area (Å²) in [5.74, 6) is -0.287. The molecule has 1 aromatic carbocycles. The Bertz CT molecular complexity index is 332. The molecule has 1 nitrogen and oxygen atoms in total. The van der Waals surface area contributed by atoms with Gasteiger partial charge in [-0.1, -0.05) is 13.0 Å². The molecule has 0 saturated heterocycles. The molecule has 0 radical (unpaired) electrons. The molecule has 0 aliphatic carbocycles. The van der Waals surface area contributed by atoms with Crippen LogP contribution in [0.5, 0.6) is 0 Å². The Morgan fingerprint density at radius 1 is 1.40 bits per heavy atom. The minimum atomic E-state index is -1.37. The van der Waals surface area contributed by atoms with Gasteiger partial charge in [0, 0.05) is 13.0 Å². The Morgan fingerprint density at radius 2 is 2.07 bits per heavy atom. The average Bonchev–Trinajstić information content (AvgIpc) is 2.22. The smallest absolute Gasteiger partial charge is 0.126 e. The minimum Gasteiger partial charge on any atom is -0.328 e. The molecule has 0 saturated carbocycles. The molecule has 3 heteroatoms. The van der Waals surface area contributed by atoms with Crippen molar-refractivity contribution in [3.05, 3.63) is 35.1 Å². The van der Waals surface area contributed by atoms with E-state index in [1.807, 2.05) is 0 Å². The highest BCUT2D eigenvalue weighted by Gasteiger charge is 2.26. The standard InChI is InChI=1S/C12H17F2N/c1-3-12(14,8-15)7-10-4-5-11(13)6-9(10)2/h4-6H,3,7-8,15H2,1-2H3. The summed E-state index contributed by atoms with van der Waals surface area (Å²) >= 11 is 0. The highest BCUT2D eigenvalue weighted by atomic mass is 19.1. The summed E-state index contributed by atoms with van der Waals surface area (Å²) in [5, 5.41) is 0. The van der Waals surface area contributed by atoms with E-state index in [9.17, 15) is 8.78 Å². The van der Waals surface area contributed by atoms with Gasteiger partial charge in [0.15, 0.2) is 0 Å². The van der Waals surface area contributed by atoms with Crippen LogP contribution in [0.2, 0.25) is 0 Å². The Morgan fingerprint density at radius 3 is 2.53 bits per heavy atom. The molecule has 2 N–H and O–H groups in total. The number of halogens is 2. The second-order valence-corrected chi connectivity index (χ2v) is 3.96. The number of rotatable bonds is 4.